The molecule has 0 fully saturated rings. The largest absolute Gasteiger partial charge is 0.149 e. The minimum Gasteiger partial charge on any atom is -0.149 e. The van der Waals surface area contributed by atoms with E-state index < -0.39 is 0 Å². The lowest BCUT2D eigenvalue weighted by Crippen LogP contribution is -1.64. The molecule has 2 heteroatoms. The average Bonchev–Trinajstić information content (AvgIpc) is 2.46. The first kappa shape index (κ1) is 10.7. The molecule has 2 heterocycles. The van der Waals surface area contributed by atoms with E-state index in [2.05, 4.69) is 50.4 Å². The molecule has 2 aromatic rings. The van der Waals surface area contributed by atoms with Crippen molar-refractivity contribution in [3.63, 3.8) is 0 Å². The Labute approximate surface area is 98.5 Å². The summed E-state index contributed by atoms with van der Waals surface area (Å²) in [6.45, 7) is 6.47. The molecule has 0 aliphatic carbocycles. The van der Waals surface area contributed by atoms with Gasteiger partial charge in [0.1, 0.15) is 0 Å². The number of thiophene rings is 1. The van der Waals surface area contributed by atoms with Gasteiger partial charge in [0.05, 0.1) is 0 Å². The monoisotopic (exact) mass is 234 g/mol. The number of rotatable bonds is 0. The lowest BCUT2D eigenvalue weighted by molar-refractivity contribution is 1.48. The van der Waals surface area contributed by atoms with Crippen LogP contribution in [0.15, 0.2) is 29.6 Å². The van der Waals surface area contributed by atoms with Gasteiger partial charge < -0.3 is 0 Å². The van der Waals surface area contributed by atoms with Gasteiger partial charge in [-0.05, 0) is 61.4 Å². The van der Waals surface area contributed by atoms with E-state index >= 15 is 0 Å². The summed E-state index contributed by atoms with van der Waals surface area (Å²) in [7, 11) is 0. The SMILES string of the molecule is Cc1cc(C)sccc2cc(C)sc2c1. The van der Waals surface area contributed by atoms with Crippen molar-refractivity contribution in [3.05, 3.63) is 45.0 Å². The molecule has 2 rings (SSSR count). The molecule has 2 aromatic heterocycles. The van der Waals surface area contributed by atoms with Gasteiger partial charge in [-0.2, -0.15) is 0 Å². The molecule has 0 bridgehead atoms. The molecule has 0 N–H and O–H groups in total. The van der Waals surface area contributed by atoms with Crippen molar-refractivity contribution in [3.8, 4) is 0 Å². The Morgan fingerprint density at radius 3 is 2.53 bits per heavy atom. The molecule has 78 valence electrons. The number of fused-ring (bicyclic) bond motifs is 1. The molecule has 15 heavy (non-hydrogen) atoms. The van der Waals surface area contributed by atoms with Gasteiger partial charge in [0.15, 0.2) is 0 Å². The van der Waals surface area contributed by atoms with Crippen molar-refractivity contribution in [2.45, 2.75) is 20.8 Å². The second kappa shape index (κ2) is 4.33. The average molecular weight is 234 g/mol. The van der Waals surface area contributed by atoms with Crippen LogP contribution in [0.3, 0.4) is 0 Å². The first-order chi connectivity index (χ1) is 7.15. The number of aryl methyl sites for hydroxylation is 3. The zero-order chi connectivity index (χ0) is 10.8. The van der Waals surface area contributed by atoms with E-state index in [0.29, 0.717) is 0 Å². The van der Waals surface area contributed by atoms with Gasteiger partial charge >= 0.3 is 0 Å². The summed E-state index contributed by atoms with van der Waals surface area (Å²) in [4.78, 5) is 2.71. The zero-order valence-electron chi connectivity index (χ0n) is 9.20. The molecule has 0 aromatic carbocycles. The van der Waals surface area contributed by atoms with Crippen LogP contribution in [-0.2, 0) is 0 Å². The highest BCUT2D eigenvalue weighted by molar-refractivity contribution is 7.19. The van der Waals surface area contributed by atoms with Gasteiger partial charge in [0, 0.05) is 14.5 Å². The highest BCUT2D eigenvalue weighted by Gasteiger charge is 1.95. The third-order valence-corrected chi connectivity index (χ3v) is 3.98. The summed E-state index contributed by atoms with van der Waals surface area (Å²) < 4.78 is 1.37. The summed E-state index contributed by atoms with van der Waals surface area (Å²) >= 11 is 3.65. The van der Waals surface area contributed by atoms with Gasteiger partial charge in [0.25, 0.3) is 0 Å². The maximum atomic E-state index is 2.27. The van der Waals surface area contributed by atoms with Crippen molar-refractivity contribution in [1.82, 2.24) is 0 Å². The first-order valence-corrected chi connectivity index (χ1v) is 6.65. The van der Waals surface area contributed by atoms with Crippen LogP contribution in [-0.4, -0.2) is 0 Å². The van der Waals surface area contributed by atoms with Crippen molar-refractivity contribution in [2.75, 3.05) is 0 Å². The van der Waals surface area contributed by atoms with E-state index in [1.54, 1.807) is 11.3 Å². The topological polar surface area (TPSA) is 0 Å². The minimum atomic E-state index is 1.33. The van der Waals surface area contributed by atoms with E-state index in [4.69, 9.17) is 0 Å². The highest BCUT2D eigenvalue weighted by atomic mass is 32.1. The third kappa shape index (κ3) is 2.58. The molecule has 0 saturated carbocycles. The Morgan fingerprint density at radius 1 is 0.933 bits per heavy atom. The van der Waals surface area contributed by atoms with Crippen LogP contribution in [0.1, 0.15) is 15.3 Å². The van der Waals surface area contributed by atoms with E-state index in [9.17, 15) is 0 Å². The smallest absolute Gasteiger partial charge is 0.0348 e. The summed E-state index contributed by atoms with van der Waals surface area (Å²) in [6, 6.07) is 8.96. The second-order valence-corrected chi connectivity index (χ2v) is 6.18. The molecule has 0 aliphatic rings. The molecular formula is C13H14S2. The normalized spacial score (nSPS) is 10.3. The maximum absolute atomic E-state index is 2.27. The molecule has 0 amide bonds. The van der Waals surface area contributed by atoms with Crippen molar-refractivity contribution >= 4 is 32.8 Å². The van der Waals surface area contributed by atoms with E-state index in [-0.39, 0.29) is 0 Å². The van der Waals surface area contributed by atoms with Crippen LogP contribution in [0.25, 0.3) is 10.1 Å². The van der Waals surface area contributed by atoms with Crippen molar-refractivity contribution in [1.29, 1.82) is 0 Å². The molecule has 0 aliphatic heterocycles. The van der Waals surface area contributed by atoms with Gasteiger partial charge in [-0.15, -0.1) is 22.7 Å². The number of hydrogen-bond acceptors (Lipinski definition) is 2. The fraction of sp³-hybridized carbons (Fsp3) is 0.231. The predicted octanol–water partition coefficient (Wildman–Crippen LogP) is 5.01. The molecular weight excluding hydrogens is 220 g/mol. The second-order valence-electron chi connectivity index (χ2n) is 3.74. The zero-order valence-corrected chi connectivity index (χ0v) is 10.8. The Hall–Kier alpha value is -0.860. The minimum absolute atomic E-state index is 1.33. The summed E-state index contributed by atoms with van der Waals surface area (Å²) in [5, 5.41) is 3.51. The predicted molar refractivity (Wildman–Crippen MR) is 71.5 cm³/mol. The van der Waals surface area contributed by atoms with Crippen LogP contribution < -0.4 is 0 Å². The van der Waals surface area contributed by atoms with Crippen LogP contribution in [0, 0.1) is 20.8 Å². The molecule has 0 spiro atoms. The third-order valence-electron chi connectivity index (χ3n) is 2.21. The van der Waals surface area contributed by atoms with Crippen LogP contribution in [0.5, 0.6) is 0 Å². The fourth-order valence-electron chi connectivity index (χ4n) is 1.61. The van der Waals surface area contributed by atoms with Crippen LogP contribution >= 0.6 is 22.7 Å². The Balaban J connectivity index is 2.84. The van der Waals surface area contributed by atoms with Gasteiger partial charge in [0.2, 0.25) is 0 Å². The van der Waals surface area contributed by atoms with E-state index in [1.807, 2.05) is 11.3 Å². The quantitative estimate of drug-likeness (QED) is 0.601. The summed E-state index contributed by atoms with van der Waals surface area (Å²) in [5.74, 6) is 0. The first-order valence-electron chi connectivity index (χ1n) is 4.95. The lowest BCUT2D eigenvalue weighted by atomic mass is 10.2. The van der Waals surface area contributed by atoms with E-state index in [1.165, 1.54) is 25.4 Å². The lowest BCUT2D eigenvalue weighted by Gasteiger charge is -1.86. The highest BCUT2D eigenvalue weighted by Crippen LogP contribution is 2.24. The standard InChI is InChI=1S/C13H14S2/c1-9-6-10(2)14-5-4-12-8-11(3)15-13(12)7-9/h4-8H,1-3H3. The van der Waals surface area contributed by atoms with Gasteiger partial charge in [-0.3, -0.25) is 0 Å². The van der Waals surface area contributed by atoms with Crippen LogP contribution in [0.4, 0.5) is 0 Å². The Morgan fingerprint density at radius 2 is 1.73 bits per heavy atom. The summed E-state index contributed by atoms with van der Waals surface area (Å²) in [5.41, 5.74) is 1.33. The molecule has 0 unspecified atom stereocenters. The molecule has 0 nitrogen and oxygen atoms in total. The van der Waals surface area contributed by atoms with E-state index in [0.717, 1.165) is 0 Å². The molecule has 0 radical (unpaired) electrons. The summed E-state index contributed by atoms with van der Waals surface area (Å²) in [6.07, 6.45) is 0. The van der Waals surface area contributed by atoms with Gasteiger partial charge in [-0.1, -0.05) is 0 Å². The number of hydrogen-bond donors (Lipinski definition) is 0. The van der Waals surface area contributed by atoms with Crippen molar-refractivity contribution in [2.24, 2.45) is 0 Å². The Kier molecular flexibility index (Phi) is 3.08. The molecule has 0 atom stereocenters. The maximum Gasteiger partial charge on any atom is 0.0348 e. The Bertz CT molecular complexity index is 531. The van der Waals surface area contributed by atoms with Crippen LogP contribution in [0.2, 0.25) is 0 Å². The fourth-order valence-corrected chi connectivity index (χ4v) is 3.32. The van der Waals surface area contributed by atoms with Crippen molar-refractivity contribution < 1.29 is 0 Å². The molecule has 0 saturated heterocycles. The van der Waals surface area contributed by atoms with Gasteiger partial charge in [-0.25, -0.2) is 0 Å².